The van der Waals surface area contributed by atoms with Gasteiger partial charge in [-0.2, -0.15) is 4.31 Å². The molecule has 164 valence electrons. The molecule has 0 radical (unpaired) electrons. The number of ether oxygens (including phenoxy) is 1. The second-order valence-corrected chi connectivity index (χ2v) is 9.18. The summed E-state index contributed by atoms with van der Waals surface area (Å²) in [5.74, 6) is 0.545. The molecule has 0 aliphatic carbocycles. The van der Waals surface area contributed by atoms with Crippen molar-refractivity contribution in [2.75, 3.05) is 46.4 Å². The monoisotopic (exact) mass is 439 g/mol. The average Bonchev–Trinajstić information content (AvgIpc) is 3.15. The summed E-state index contributed by atoms with van der Waals surface area (Å²) < 4.78 is 50.3. The summed E-state index contributed by atoms with van der Waals surface area (Å²) >= 11 is 0. The van der Waals surface area contributed by atoms with E-state index in [2.05, 4.69) is 10.2 Å². The number of hydrogen-bond acceptors (Lipinski definition) is 6. The SMILES string of the molecule is Cc1ccc(C(CNC(=O)CN(C)S(=O)(=O)c2ccc(F)cc2)N2CCOCC2)o1. The van der Waals surface area contributed by atoms with Gasteiger partial charge in [0.1, 0.15) is 17.3 Å². The molecule has 1 amide bonds. The lowest BCUT2D eigenvalue weighted by molar-refractivity contribution is -0.121. The molecular weight excluding hydrogens is 413 g/mol. The molecule has 1 aromatic carbocycles. The van der Waals surface area contributed by atoms with Crippen LogP contribution in [0.3, 0.4) is 0 Å². The second-order valence-electron chi connectivity index (χ2n) is 7.13. The number of nitrogens with zero attached hydrogens (tertiary/aromatic N) is 2. The second kappa shape index (κ2) is 9.69. The van der Waals surface area contributed by atoms with Crippen LogP contribution in [0.1, 0.15) is 17.6 Å². The molecule has 3 rings (SSSR count). The average molecular weight is 440 g/mol. The number of carbonyl (C=O) groups excluding carboxylic acids is 1. The molecule has 2 heterocycles. The Hall–Kier alpha value is -2.27. The summed E-state index contributed by atoms with van der Waals surface area (Å²) in [6.07, 6.45) is 0. The van der Waals surface area contributed by atoms with Crippen LogP contribution in [0.4, 0.5) is 4.39 Å². The molecule has 1 unspecified atom stereocenters. The summed E-state index contributed by atoms with van der Waals surface area (Å²) in [4.78, 5) is 14.6. The van der Waals surface area contributed by atoms with E-state index in [9.17, 15) is 17.6 Å². The Labute approximate surface area is 175 Å². The van der Waals surface area contributed by atoms with Gasteiger partial charge in [-0.05, 0) is 43.3 Å². The van der Waals surface area contributed by atoms with Crippen LogP contribution in [0.5, 0.6) is 0 Å². The van der Waals surface area contributed by atoms with Gasteiger partial charge >= 0.3 is 0 Å². The number of hydrogen-bond donors (Lipinski definition) is 1. The molecule has 1 atom stereocenters. The first kappa shape index (κ1) is 22.4. The number of likely N-dealkylation sites (N-methyl/N-ethyl adjacent to an activating group) is 1. The van der Waals surface area contributed by atoms with Crippen molar-refractivity contribution in [3.05, 3.63) is 53.7 Å². The molecule has 0 spiro atoms. The van der Waals surface area contributed by atoms with Crippen molar-refractivity contribution < 1.29 is 26.8 Å². The number of benzene rings is 1. The molecule has 1 aromatic heterocycles. The smallest absolute Gasteiger partial charge is 0.243 e. The topological polar surface area (TPSA) is 92.1 Å². The zero-order valence-electron chi connectivity index (χ0n) is 17.0. The lowest BCUT2D eigenvalue weighted by Crippen LogP contribution is -2.45. The fourth-order valence-corrected chi connectivity index (χ4v) is 4.40. The van der Waals surface area contributed by atoms with Gasteiger partial charge in [-0.3, -0.25) is 9.69 Å². The van der Waals surface area contributed by atoms with Crippen LogP contribution < -0.4 is 5.32 Å². The van der Waals surface area contributed by atoms with Crippen molar-refractivity contribution in [1.29, 1.82) is 0 Å². The van der Waals surface area contributed by atoms with Crippen molar-refractivity contribution in [2.45, 2.75) is 17.9 Å². The number of rotatable bonds is 8. The quantitative estimate of drug-likeness (QED) is 0.671. The first-order valence-corrected chi connectivity index (χ1v) is 11.1. The standard InChI is InChI=1S/C20H26FN3O5S/c1-15-3-8-19(29-15)18(24-9-11-28-12-10-24)13-22-20(25)14-23(2)30(26,27)17-6-4-16(21)5-7-17/h3-8,18H,9-14H2,1-2H3,(H,22,25). The number of morpholine rings is 1. The summed E-state index contributed by atoms with van der Waals surface area (Å²) in [6.45, 7) is 4.39. The summed E-state index contributed by atoms with van der Waals surface area (Å²) in [5, 5.41) is 2.80. The van der Waals surface area contributed by atoms with Crippen LogP contribution in [0.25, 0.3) is 0 Å². The maximum atomic E-state index is 13.1. The van der Waals surface area contributed by atoms with Gasteiger partial charge in [-0.15, -0.1) is 0 Å². The van der Waals surface area contributed by atoms with Gasteiger partial charge < -0.3 is 14.5 Å². The number of nitrogens with one attached hydrogen (secondary N) is 1. The minimum absolute atomic E-state index is 0.0727. The highest BCUT2D eigenvalue weighted by atomic mass is 32.2. The normalized spacial score (nSPS) is 16.5. The Bertz CT molecular complexity index is 955. The third kappa shape index (κ3) is 5.45. The number of amides is 1. The van der Waals surface area contributed by atoms with Gasteiger partial charge in [-0.1, -0.05) is 0 Å². The van der Waals surface area contributed by atoms with Crippen molar-refractivity contribution >= 4 is 15.9 Å². The van der Waals surface area contributed by atoms with E-state index in [1.165, 1.54) is 19.2 Å². The van der Waals surface area contributed by atoms with E-state index in [1.807, 2.05) is 19.1 Å². The van der Waals surface area contributed by atoms with Crippen molar-refractivity contribution in [3.8, 4) is 0 Å². The molecule has 1 aliphatic rings. The highest BCUT2D eigenvalue weighted by molar-refractivity contribution is 7.89. The predicted octanol–water partition coefficient (Wildman–Crippen LogP) is 1.54. The van der Waals surface area contributed by atoms with Gasteiger partial charge in [0.2, 0.25) is 15.9 Å². The largest absolute Gasteiger partial charge is 0.465 e. The van der Waals surface area contributed by atoms with Crippen LogP contribution >= 0.6 is 0 Å². The molecule has 1 N–H and O–H groups in total. The molecule has 1 fully saturated rings. The van der Waals surface area contributed by atoms with Crippen molar-refractivity contribution in [1.82, 2.24) is 14.5 Å². The van der Waals surface area contributed by atoms with E-state index in [1.54, 1.807) is 0 Å². The zero-order valence-corrected chi connectivity index (χ0v) is 17.8. The predicted molar refractivity (Wildman–Crippen MR) is 108 cm³/mol. The zero-order chi connectivity index (χ0) is 21.7. The molecule has 0 saturated carbocycles. The van der Waals surface area contributed by atoms with Crippen LogP contribution in [-0.2, 0) is 19.6 Å². The van der Waals surface area contributed by atoms with Crippen LogP contribution in [0.15, 0.2) is 45.7 Å². The number of sulfonamides is 1. The van der Waals surface area contributed by atoms with E-state index in [0.29, 0.717) is 26.3 Å². The van der Waals surface area contributed by atoms with E-state index in [4.69, 9.17) is 9.15 Å². The van der Waals surface area contributed by atoms with E-state index in [-0.39, 0.29) is 24.0 Å². The van der Waals surface area contributed by atoms with Gasteiger partial charge in [0, 0.05) is 26.7 Å². The Balaban J connectivity index is 1.62. The van der Waals surface area contributed by atoms with E-state index >= 15 is 0 Å². The van der Waals surface area contributed by atoms with Gasteiger partial charge in [0.15, 0.2) is 0 Å². The highest BCUT2D eigenvalue weighted by Crippen LogP contribution is 2.23. The Kier molecular flexibility index (Phi) is 7.24. The van der Waals surface area contributed by atoms with E-state index < -0.39 is 21.7 Å². The molecule has 8 nitrogen and oxygen atoms in total. The van der Waals surface area contributed by atoms with Gasteiger partial charge in [0.05, 0.1) is 30.7 Å². The third-order valence-corrected chi connectivity index (χ3v) is 6.77. The first-order chi connectivity index (χ1) is 14.3. The number of carbonyl (C=O) groups is 1. The molecular formula is C20H26FN3O5S. The minimum Gasteiger partial charge on any atom is -0.465 e. The Morgan fingerprint density at radius 3 is 2.47 bits per heavy atom. The third-order valence-electron chi connectivity index (χ3n) is 4.96. The molecule has 1 aliphatic heterocycles. The summed E-state index contributed by atoms with van der Waals surface area (Å²) in [6, 6.07) is 8.06. The molecule has 10 heteroatoms. The van der Waals surface area contributed by atoms with Crippen molar-refractivity contribution in [3.63, 3.8) is 0 Å². The number of aryl methyl sites for hydroxylation is 1. The number of halogens is 1. The van der Waals surface area contributed by atoms with Crippen LogP contribution in [0, 0.1) is 12.7 Å². The maximum absolute atomic E-state index is 13.1. The Morgan fingerprint density at radius 1 is 1.20 bits per heavy atom. The lowest BCUT2D eigenvalue weighted by Gasteiger charge is -2.33. The fourth-order valence-electron chi connectivity index (χ4n) is 3.27. The summed E-state index contributed by atoms with van der Waals surface area (Å²) in [7, 11) is -2.59. The van der Waals surface area contributed by atoms with Crippen LogP contribution in [0.2, 0.25) is 0 Å². The van der Waals surface area contributed by atoms with E-state index in [0.717, 1.165) is 28.0 Å². The molecule has 1 saturated heterocycles. The maximum Gasteiger partial charge on any atom is 0.243 e. The lowest BCUT2D eigenvalue weighted by atomic mass is 10.1. The molecule has 0 bridgehead atoms. The first-order valence-electron chi connectivity index (χ1n) is 9.64. The van der Waals surface area contributed by atoms with Gasteiger partial charge in [-0.25, -0.2) is 12.8 Å². The molecule has 2 aromatic rings. The minimum atomic E-state index is -3.90. The number of furan rings is 1. The fraction of sp³-hybridized carbons (Fsp3) is 0.450. The van der Waals surface area contributed by atoms with Crippen LogP contribution in [-0.4, -0.2) is 70.0 Å². The van der Waals surface area contributed by atoms with Crippen molar-refractivity contribution in [2.24, 2.45) is 0 Å². The highest BCUT2D eigenvalue weighted by Gasteiger charge is 2.27. The summed E-state index contributed by atoms with van der Waals surface area (Å²) in [5.41, 5.74) is 0. The Morgan fingerprint density at radius 2 is 1.87 bits per heavy atom. The van der Waals surface area contributed by atoms with Gasteiger partial charge in [0.25, 0.3) is 0 Å². The molecule has 30 heavy (non-hydrogen) atoms.